The summed E-state index contributed by atoms with van der Waals surface area (Å²) in [5.74, 6) is -0.408. The molecule has 18 heavy (non-hydrogen) atoms. The first-order chi connectivity index (χ1) is 8.56. The number of hydrogen-bond donors (Lipinski definition) is 3. The lowest BCUT2D eigenvalue weighted by Gasteiger charge is -2.09. The monoisotopic (exact) mass is 263 g/mol. The topological polar surface area (TPSA) is 84.2 Å². The number of nitrogens with one attached hydrogen (secondary N) is 2. The zero-order valence-electron chi connectivity index (χ0n) is 9.60. The van der Waals surface area contributed by atoms with Crippen LogP contribution in [-0.2, 0) is 4.79 Å². The first kappa shape index (κ1) is 12.5. The van der Waals surface area contributed by atoms with E-state index in [0.717, 1.165) is 12.8 Å². The molecule has 0 radical (unpaired) electrons. The lowest BCUT2D eigenvalue weighted by molar-refractivity contribution is -0.120. The molecule has 1 aromatic carbocycles. The molecule has 0 atom stereocenters. The average molecular weight is 263 g/mol. The van der Waals surface area contributed by atoms with E-state index < -0.39 is 5.91 Å². The van der Waals surface area contributed by atoms with Crippen molar-refractivity contribution in [3.05, 3.63) is 29.8 Å². The molecule has 0 bridgehead atoms. The van der Waals surface area contributed by atoms with Crippen molar-refractivity contribution in [3.63, 3.8) is 0 Å². The van der Waals surface area contributed by atoms with Crippen molar-refractivity contribution in [1.29, 1.82) is 0 Å². The molecule has 1 aliphatic rings. The molecular weight excluding hydrogens is 250 g/mol. The summed E-state index contributed by atoms with van der Waals surface area (Å²) in [5.41, 5.74) is 6.25. The van der Waals surface area contributed by atoms with Gasteiger partial charge in [0.1, 0.15) is 0 Å². The number of thiocarbonyl (C=S) groups is 1. The van der Waals surface area contributed by atoms with Gasteiger partial charge in [-0.25, -0.2) is 0 Å². The van der Waals surface area contributed by atoms with Gasteiger partial charge < -0.3 is 16.4 Å². The van der Waals surface area contributed by atoms with Crippen LogP contribution in [0.5, 0.6) is 0 Å². The molecular formula is C12H13N3O2S. The first-order valence-corrected chi connectivity index (χ1v) is 5.99. The van der Waals surface area contributed by atoms with Crippen LogP contribution in [0.1, 0.15) is 23.2 Å². The molecule has 6 heteroatoms. The van der Waals surface area contributed by atoms with Crippen LogP contribution in [0, 0.1) is 5.92 Å². The minimum atomic E-state index is -0.480. The Morgan fingerprint density at radius 3 is 2.33 bits per heavy atom. The average Bonchev–Trinajstić information content (AvgIpc) is 3.13. The Balaban J connectivity index is 1.90. The van der Waals surface area contributed by atoms with E-state index in [1.54, 1.807) is 24.3 Å². The van der Waals surface area contributed by atoms with Crippen molar-refractivity contribution in [2.24, 2.45) is 11.7 Å². The van der Waals surface area contributed by atoms with E-state index in [1.807, 2.05) is 0 Å². The van der Waals surface area contributed by atoms with Crippen molar-refractivity contribution in [1.82, 2.24) is 5.32 Å². The highest BCUT2D eigenvalue weighted by Gasteiger charge is 2.29. The molecule has 0 unspecified atom stereocenters. The standard InChI is InChI=1S/C12H13N3O2S/c13-10(16)7-3-5-9(6-4-7)14-12(18)15-11(17)8-1-2-8/h3-6,8H,1-2H2,(H2,13,16)(H2,14,15,17,18). The van der Waals surface area contributed by atoms with Gasteiger partial charge in [0, 0.05) is 17.2 Å². The van der Waals surface area contributed by atoms with Gasteiger partial charge in [-0.2, -0.15) is 0 Å². The fourth-order valence-electron chi connectivity index (χ4n) is 1.44. The number of anilines is 1. The van der Waals surface area contributed by atoms with E-state index in [4.69, 9.17) is 18.0 Å². The van der Waals surface area contributed by atoms with Crippen molar-refractivity contribution >= 4 is 34.8 Å². The third kappa shape index (κ3) is 3.27. The van der Waals surface area contributed by atoms with Gasteiger partial charge >= 0.3 is 0 Å². The normalized spacial score (nSPS) is 13.8. The Bertz CT molecular complexity index is 495. The van der Waals surface area contributed by atoms with Gasteiger partial charge in [-0.05, 0) is 49.3 Å². The summed E-state index contributed by atoms with van der Waals surface area (Å²) in [6, 6.07) is 6.54. The maximum atomic E-state index is 11.4. The van der Waals surface area contributed by atoms with Crippen LogP contribution in [-0.4, -0.2) is 16.9 Å². The first-order valence-electron chi connectivity index (χ1n) is 5.58. The number of benzene rings is 1. The lowest BCUT2D eigenvalue weighted by atomic mass is 10.2. The summed E-state index contributed by atoms with van der Waals surface area (Å²) in [7, 11) is 0. The number of amides is 2. The Morgan fingerprint density at radius 2 is 1.83 bits per heavy atom. The fraction of sp³-hybridized carbons (Fsp3) is 0.250. The van der Waals surface area contributed by atoms with Crippen molar-refractivity contribution in [2.45, 2.75) is 12.8 Å². The van der Waals surface area contributed by atoms with E-state index in [-0.39, 0.29) is 16.9 Å². The number of rotatable bonds is 3. The molecule has 1 aromatic rings. The van der Waals surface area contributed by atoms with Gasteiger partial charge in [0.05, 0.1) is 0 Å². The maximum Gasteiger partial charge on any atom is 0.248 e. The van der Waals surface area contributed by atoms with Crippen LogP contribution in [0.2, 0.25) is 0 Å². The minimum absolute atomic E-state index is 0.0405. The number of hydrogen-bond acceptors (Lipinski definition) is 3. The largest absolute Gasteiger partial charge is 0.366 e. The van der Waals surface area contributed by atoms with Crippen LogP contribution < -0.4 is 16.4 Å². The van der Waals surface area contributed by atoms with E-state index in [0.29, 0.717) is 11.3 Å². The van der Waals surface area contributed by atoms with E-state index >= 15 is 0 Å². The van der Waals surface area contributed by atoms with Gasteiger partial charge in [0.2, 0.25) is 11.8 Å². The van der Waals surface area contributed by atoms with Crippen LogP contribution >= 0.6 is 12.2 Å². The predicted molar refractivity (Wildman–Crippen MR) is 72.0 cm³/mol. The van der Waals surface area contributed by atoms with Crippen LogP contribution in [0.3, 0.4) is 0 Å². The molecule has 0 aromatic heterocycles. The van der Waals surface area contributed by atoms with Crippen molar-refractivity contribution < 1.29 is 9.59 Å². The van der Waals surface area contributed by atoms with Gasteiger partial charge in [0.15, 0.2) is 5.11 Å². The molecule has 0 heterocycles. The lowest BCUT2D eigenvalue weighted by Crippen LogP contribution is -2.35. The van der Waals surface area contributed by atoms with Crippen molar-refractivity contribution in [3.8, 4) is 0 Å². The summed E-state index contributed by atoms with van der Waals surface area (Å²) in [4.78, 5) is 22.3. The van der Waals surface area contributed by atoms with E-state index in [1.165, 1.54) is 0 Å². The number of primary amides is 1. The summed E-state index contributed by atoms with van der Waals surface area (Å²) in [6.07, 6.45) is 1.86. The number of nitrogens with two attached hydrogens (primary N) is 1. The Hall–Kier alpha value is -1.95. The van der Waals surface area contributed by atoms with Crippen LogP contribution in [0.25, 0.3) is 0 Å². The second kappa shape index (κ2) is 5.14. The molecule has 0 saturated heterocycles. The molecule has 2 rings (SSSR count). The second-order valence-electron chi connectivity index (χ2n) is 4.16. The third-order valence-corrected chi connectivity index (χ3v) is 2.82. The quantitative estimate of drug-likeness (QED) is 0.711. The zero-order chi connectivity index (χ0) is 13.1. The Kier molecular flexibility index (Phi) is 3.57. The highest BCUT2D eigenvalue weighted by atomic mass is 32.1. The SMILES string of the molecule is NC(=O)c1ccc(NC(=S)NC(=O)C2CC2)cc1. The summed E-state index contributed by atoms with van der Waals surface area (Å²) < 4.78 is 0. The summed E-state index contributed by atoms with van der Waals surface area (Å²) in [5, 5.41) is 5.75. The molecule has 0 spiro atoms. The molecule has 2 amide bonds. The molecule has 1 saturated carbocycles. The molecule has 1 fully saturated rings. The van der Waals surface area contributed by atoms with E-state index in [9.17, 15) is 9.59 Å². The van der Waals surface area contributed by atoms with Crippen LogP contribution in [0.4, 0.5) is 5.69 Å². The summed E-state index contributed by atoms with van der Waals surface area (Å²) in [6.45, 7) is 0. The number of carbonyl (C=O) groups is 2. The predicted octanol–water partition coefficient (Wildman–Crippen LogP) is 1.01. The minimum Gasteiger partial charge on any atom is -0.366 e. The molecule has 4 N–H and O–H groups in total. The number of carbonyl (C=O) groups excluding carboxylic acids is 2. The van der Waals surface area contributed by atoms with Gasteiger partial charge in [-0.3, -0.25) is 9.59 Å². The highest BCUT2D eigenvalue weighted by molar-refractivity contribution is 7.80. The molecule has 94 valence electrons. The Labute approximate surface area is 110 Å². The second-order valence-corrected chi connectivity index (χ2v) is 4.57. The van der Waals surface area contributed by atoms with Crippen LogP contribution in [0.15, 0.2) is 24.3 Å². The summed E-state index contributed by atoms with van der Waals surface area (Å²) >= 11 is 5.01. The maximum absolute atomic E-state index is 11.4. The third-order valence-electron chi connectivity index (χ3n) is 2.61. The zero-order valence-corrected chi connectivity index (χ0v) is 10.4. The smallest absolute Gasteiger partial charge is 0.248 e. The molecule has 0 aliphatic heterocycles. The Morgan fingerprint density at radius 1 is 1.22 bits per heavy atom. The van der Waals surface area contributed by atoms with Crippen molar-refractivity contribution in [2.75, 3.05) is 5.32 Å². The fourth-order valence-corrected chi connectivity index (χ4v) is 1.66. The highest BCUT2D eigenvalue weighted by Crippen LogP contribution is 2.28. The van der Waals surface area contributed by atoms with Gasteiger partial charge in [-0.1, -0.05) is 0 Å². The van der Waals surface area contributed by atoms with Gasteiger partial charge in [0.25, 0.3) is 0 Å². The molecule has 5 nitrogen and oxygen atoms in total. The van der Waals surface area contributed by atoms with Gasteiger partial charge in [-0.15, -0.1) is 0 Å². The molecule has 1 aliphatic carbocycles. The van der Waals surface area contributed by atoms with E-state index in [2.05, 4.69) is 10.6 Å².